The maximum Gasteiger partial charge on any atom is 0.0708 e. The van der Waals surface area contributed by atoms with E-state index in [0.29, 0.717) is 0 Å². The van der Waals surface area contributed by atoms with E-state index in [4.69, 9.17) is 0 Å². The van der Waals surface area contributed by atoms with Crippen molar-refractivity contribution in [2.24, 2.45) is 0 Å². The van der Waals surface area contributed by atoms with Gasteiger partial charge in [0.2, 0.25) is 0 Å². The molecule has 1 aromatic heterocycles. The van der Waals surface area contributed by atoms with E-state index < -0.39 is 0 Å². The molecule has 2 nitrogen and oxygen atoms in total. The van der Waals surface area contributed by atoms with E-state index in [1.165, 1.54) is 5.56 Å². The third kappa shape index (κ3) is 2.12. The molecule has 0 radical (unpaired) electrons. The van der Waals surface area contributed by atoms with E-state index in [1.807, 2.05) is 44.2 Å². The van der Waals surface area contributed by atoms with Gasteiger partial charge in [0, 0.05) is 11.8 Å². The standard InChI is InChI=1S/C14H15NO/c1-10-3-4-13(12(7-10)9-16)14-8-11(2)5-6-15-14/h3-8,16H,9H2,1-2H3. The fourth-order valence-corrected chi connectivity index (χ4v) is 1.79. The highest BCUT2D eigenvalue weighted by molar-refractivity contribution is 5.64. The zero-order chi connectivity index (χ0) is 11.5. The summed E-state index contributed by atoms with van der Waals surface area (Å²) in [5.74, 6) is 0. The number of rotatable bonds is 2. The van der Waals surface area contributed by atoms with E-state index in [0.717, 1.165) is 22.4 Å². The number of aromatic nitrogens is 1. The number of nitrogens with zero attached hydrogens (tertiary/aromatic N) is 1. The Kier molecular flexibility index (Phi) is 3.02. The van der Waals surface area contributed by atoms with Crippen LogP contribution >= 0.6 is 0 Å². The molecule has 1 aromatic carbocycles. The van der Waals surface area contributed by atoms with Crippen LogP contribution < -0.4 is 0 Å². The molecule has 0 spiro atoms. The highest BCUT2D eigenvalue weighted by Crippen LogP contribution is 2.23. The summed E-state index contributed by atoms with van der Waals surface area (Å²) >= 11 is 0. The smallest absolute Gasteiger partial charge is 0.0708 e. The summed E-state index contributed by atoms with van der Waals surface area (Å²) in [4.78, 5) is 4.34. The highest BCUT2D eigenvalue weighted by Gasteiger charge is 2.05. The second kappa shape index (κ2) is 4.45. The number of aliphatic hydroxyl groups is 1. The first kappa shape index (κ1) is 10.8. The molecule has 2 aromatic rings. The molecule has 2 rings (SSSR count). The molecule has 0 unspecified atom stereocenters. The third-order valence-electron chi connectivity index (χ3n) is 2.62. The molecule has 0 bridgehead atoms. The molecule has 0 amide bonds. The van der Waals surface area contributed by atoms with Gasteiger partial charge in [-0.15, -0.1) is 0 Å². The quantitative estimate of drug-likeness (QED) is 0.832. The summed E-state index contributed by atoms with van der Waals surface area (Å²) in [5.41, 5.74) is 5.19. The number of hydrogen-bond acceptors (Lipinski definition) is 2. The second-order valence-corrected chi connectivity index (χ2v) is 4.04. The Morgan fingerprint density at radius 2 is 1.81 bits per heavy atom. The predicted molar refractivity (Wildman–Crippen MR) is 65.1 cm³/mol. The minimum absolute atomic E-state index is 0.0482. The van der Waals surface area contributed by atoms with Crippen LogP contribution in [0.5, 0.6) is 0 Å². The van der Waals surface area contributed by atoms with Gasteiger partial charge in [-0.05, 0) is 37.1 Å². The molecule has 2 heteroatoms. The van der Waals surface area contributed by atoms with Crippen molar-refractivity contribution >= 4 is 0 Å². The van der Waals surface area contributed by atoms with Crippen LogP contribution in [0.1, 0.15) is 16.7 Å². The molecule has 1 N–H and O–H groups in total. The zero-order valence-electron chi connectivity index (χ0n) is 9.57. The summed E-state index contributed by atoms with van der Waals surface area (Å²) in [7, 11) is 0. The zero-order valence-corrected chi connectivity index (χ0v) is 9.57. The molecule has 0 fully saturated rings. The Bertz CT molecular complexity index is 506. The maximum atomic E-state index is 9.35. The Hall–Kier alpha value is -1.67. The summed E-state index contributed by atoms with van der Waals surface area (Å²) in [5, 5.41) is 9.35. The molecule has 16 heavy (non-hydrogen) atoms. The summed E-state index contributed by atoms with van der Waals surface area (Å²) in [6, 6.07) is 10.1. The van der Waals surface area contributed by atoms with Gasteiger partial charge in [-0.2, -0.15) is 0 Å². The number of pyridine rings is 1. The van der Waals surface area contributed by atoms with Gasteiger partial charge in [-0.1, -0.05) is 23.8 Å². The van der Waals surface area contributed by atoms with Crippen LogP contribution in [0.25, 0.3) is 11.3 Å². The van der Waals surface area contributed by atoms with Crippen molar-refractivity contribution in [1.82, 2.24) is 4.98 Å². The van der Waals surface area contributed by atoms with E-state index in [9.17, 15) is 5.11 Å². The van der Waals surface area contributed by atoms with Crippen molar-refractivity contribution in [2.45, 2.75) is 20.5 Å². The second-order valence-electron chi connectivity index (χ2n) is 4.04. The maximum absolute atomic E-state index is 9.35. The highest BCUT2D eigenvalue weighted by atomic mass is 16.3. The van der Waals surface area contributed by atoms with Crippen LogP contribution in [0.3, 0.4) is 0 Å². The van der Waals surface area contributed by atoms with Crippen molar-refractivity contribution < 1.29 is 5.11 Å². The Labute approximate surface area is 95.6 Å². The summed E-state index contributed by atoms with van der Waals surface area (Å²) in [6.07, 6.45) is 1.80. The first-order chi connectivity index (χ1) is 7.70. The summed E-state index contributed by atoms with van der Waals surface area (Å²) in [6.45, 7) is 4.11. The Morgan fingerprint density at radius 1 is 1.06 bits per heavy atom. The molecule has 0 aliphatic heterocycles. The number of aryl methyl sites for hydroxylation is 2. The lowest BCUT2D eigenvalue weighted by molar-refractivity contribution is 0.282. The van der Waals surface area contributed by atoms with Gasteiger partial charge in [0.1, 0.15) is 0 Å². The van der Waals surface area contributed by atoms with Crippen LogP contribution in [0, 0.1) is 13.8 Å². The van der Waals surface area contributed by atoms with Gasteiger partial charge in [0.15, 0.2) is 0 Å². The lowest BCUT2D eigenvalue weighted by Crippen LogP contribution is -1.93. The fraction of sp³-hybridized carbons (Fsp3) is 0.214. The largest absolute Gasteiger partial charge is 0.392 e. The van der Waals surface area contributed by atoms with E-state index >= 15 is 0 Å². The van der Waals surface area contributed by atoms with Gasteiger partial charge in [0.05, 0.1) is 12.3 Å². The average Bonchev–Trinajstić information content (AvgIpc) is 2.28. The summed E-state index contributed by atoms with van der Waals surface area (Å²) < 4.78 is 0. The molecule has 0 aliphatic carbocycles. The van der Waals surface area contributed by atoms with Crippen molar-refractivity contribution in [3.63, 3.8) is 0 Å². The minimum Gasteiger partial charge on any atom is -0.392 e. The Balaban J connectivity index is 2.55. The molecule has 82 valence electrons. The molecule has 0 atom stereocenters. The van der Waals surface area contributed by atoms with Crippen LogP contribution in [-0.2, 0) is 6.61 Å². The predicted octanol–water partition coefficient (Wildman–Crippen LogP) is 2.86. The lowest BCUT2D eigenvalue weighted by atomic mass is 10.0. The minimum atomic E-state index is 0.0482. The van der Waals surface area contributed by atoms with Gasteiger partial charge in [0.25, 0.3) is 0 Å². The van der Waals surface area contributed by atoms with Crippen LogP contribution in [0.2, 0.25) is 0 Å². The molecule has 0 saturated carbocycles. The van der Waals surface area contributed by atoms with Crippen molar-refractivity contribution in [1.29, 1.82) is 0 Å². The number of aliphatic hydroxyl groups excluding tert-OH is 1. The van der Waals surface area contributed by atoms with Crippen molar-refractivity contribution in [2.75, 3.05) is 0 Å². The molecule has 1 heterocycles. The van der Waals surface area contributed by atoms with Gasteiger partial charge < -0.3 is 5.11 Å². The van der Waals surface area contributed by atoms with Crippen molar-refractivity contribution in [3.05, 3.63) is 53.2 Å². The first-order valence-electron chi connectivity index (χ1n) is 5.34. The van der Waals surface area contributed by atoms with E-state index in [-0.39, 0.29) is 6.61 Å². The number of benzene rings is 1. The molecule has 0 saturated heterocycles. The van der Waals surface area contributed by atoms with Crippen LogP contribution in [0.15, 0.2) is 36.5 Å². The fourth-order valence-electron chi connectivity index (χ4n) is 1.79. The number of hydrogen-bond donors (Lipinski definition) is 1. The average molecular weight is 213 g/mol. The SMILES string of the molecule is Cc1ccnc(-c2ccc(C)cc2CO)c1. The van der Waals surface area contributed by atoms with E-state index in [1.54, 1.807) is 6.20 Å². The third-order valence-corrected chi connectivity index (χ3v) is 2.62. The van der Waals surface area contributed by atoms with E-state index in [2.05, 4.69) is 4.98 Å². The lowest BCUT2D eigenvalue weighted by Gasteiger charge is -2.08. The molecule has 0 aliphatic rings. The first-order valence-corrected chi connectivity index (χ1v) is 5.34. The van der Waals surface area contributed by atoms with Gasteiger partial charge in [-0.25, -0.2) is 0 Å². The van der Waals surface area contributed by atoms with Crippen molar-refractivity contribution in [3.8, 4) is 11.3 Å². The molecular formula is C14H15NO. The van der Waals surface area contributed by atoms with Crippen LogP contribution in [0.4, 0.5) is 0 Å². The van der Waals surface area contributed by atoms with Gasteiger partial charge >= 0.3 is 0 Å². The Morgan fingerprint density at radius 3 is 2.50 bits per heavy atom. The normalized spacial score (nSPS) is 10.4. The monoisotopic (exact) mass is 213 g/mol. The topological polar surface area (TPSA) is 33.1 Å². The van der Waals surface area contributed by atoms with Gasteiger partial charge in [-0.3, -0.25) is 4.98 Å². The molecular weight excluding hydrogens is 198 g/mol. The van der Waals surface area contributed by atoms with Crippen LogP contribution in [-0.4, -0.2) is 10.1 Å².